The topological polar surface area (TPSA) is 28.2 Å². The van der Waals surface area contributed by atoms with E-state index >= 15 is 0 Å². The van der Waals surface area contributed by atoms with Crippen molar-refractivity contribution in [2.24, 2.45) is 5.92 Å². The van der Waals surface area contributed by atoms with Crippen molar-refractivity contribution in [3.8, 4) is 0 Å². The van der Waals surface area contributed by atoms with Gasteiger partial charge in [0.1, 0.15) is 5.82 Å². The van der Waals surface area contributed by atoms with Gasteiger partial charge in [0.05, 0.1) is 6.20 Å². The van der Waals surface area contributed by atoms with Gasteiger partial charge >= 0.3 is 0 Å². The van der Waals surface area contributed by atoms with Crippen molar-refractivity contribution in [1.29, 1.82) is 0 Å². The average molecular weight is 288 g/mol. The summed E-state index contributed by atoms with van der Waals surface area (Å²) in [5.74, 6) is 0.607. The van der Waals surface area contributed by atoms with Gasteiger partial charge < -0.3 is 5.32 Å². The van der Waals surface area contributed by atoms with E-state index in [0.29, 0.717) is 0 Å². The maximum atomic E-state index is 13.0. The molecule has 0 aliphatic carbocycles. The molecule has 2 heterocycles. The van der Waals surface area contributed by atoms with Crippen LogP contribution in [0, 0.1) is 11.7 Å². The average Bonchev–Trinajstić information content (AvgIpc) is 2.38. The van der Waals surface area contributed by atoms with Gasteiger partial charge in [-0.2, -0.15) is 0 Å². The summed E-state index contributed by atoms with van der Waals surface area (Å²) in [7, 11) is 2.01. The molecule has 1 aliphatic heterocycles. The molecule has 0 radical (unpaired) electrons. The number of pyridine rings is 1. The van der Waals surface area contributed by atoms with Gasteiger partial charge in [-0.15, -0.1) is 12.4 Å². The van der Waals surface area contributed by atoms with Crippen molar-refractivity contribution in [2.45, 2.75) is 25.8 Å². The van der Waals surface area contributed by atoms with Gasteiger partial charge in [0.15, 0.2) is 0 Å². The minimum atomic E-state index is -0.239. The van der Waals surface area contributed by atoms with Crippen molar-refractivity contribution in [3.63, 3.8) is 0 Å². The number of nitrogens with one attached hydrogen (secondary N) is 1. The molecule has 1 fully saturated rings. The molecular weight excluding hydrogens is 265 g/mol. The Balaban J connectivity index is 0.00000180. The third kappa shape index (κ3) is 5.43. The van der Waals surface area contributed by atoms with Crippen molar-refractivity contribution in [2.75, 3.05) is 26.7 Å². The van der Waals surface area contributed by atoms with Crippen LogP contribution in [0.3, 0.4) is 0 Å². The molecule has 1 saturated heterocycles. The first-order chi connectivity index (χ1) is 8.78. The Bertz CT molecular complexity index is 367. The zero-order valence-electron chi connectivity index (χ0n) is 11.4. The molecule has 1 aliphatic rings. The SMILES string of the molecule is CNCCC1CCN(Cc2cncc(F)c2)CC1.Cl. The van der Waals surface area contributed by atoms with Crippen LogP contribution in [-0.2, 0) is 6.54 Å². The minimum absolute atomic E-state index is 0. The third-order valence-electron chi connectivity index (χ3n) is 3.68. The molecule has 1 N–H and O–H groups in total. The summed E-state index contributed by atoms with van der Waals surface area (Å²) >= 11 is 0. The van der Waals surface area contributed by atoms with E-state index in [0.717, 1.165) is 37.7 Å². The van der Waals surface area contributed by atoms with Gasteiger partial charge in [-0.05, 0) is 63.5 Å². The van der Waals surface area contributed by atoms with E-state index in [4.69, 9.17) is 0 Å². The number of hydrogen-bond donors (Lipinski definition) is 1. The molecule has 0 saturated carbocycles. The highest BCUT2D eigenvalue weighted by atomic mass is 35.5. The quantitative estimate of drug-likeness (QED) is 0.902. The van der Waals surface area contributed by atoms with Crippen LogP contribution in [-0.4, -0.2) is 36.6 Å². The first kappa shape index (κ1) is 16.3. The first-order valence-electron chi connectivity index (χ1n) is 6.74. The van der Waals surface area contributed by atoms with E-state index < -0.39 is 0 Å². The van der Waals surface area contributed by atoms with Crippen molar-refractivity contribution < 1.29 is 4.39 Å². The lowest BCUT2D eigenvalue weighted by Gasteiger charge is -2.31. The molecule has 0 amide bonds. The second-order valence-electron chi connectivity index (χ2n) is 5.12. The summed E-state index contributed by atoms with van der Waals surface area (Å²) in [6, 6.07) is 1.58. The van der Waals surface area contributed by atoms with Crippen LogP contribution >= 0.6 is 12.4 Å². The van der Waals surface area contributed by atoms with Crippen LogP contribution in [0.25, 0.3) is 0 Å². The Morgan fingerprint density at radius 3 is 2.74 bits per heavy atom. The van der Waals surface area contributed by atoms with Crippen molar-refractivity contribution >= 4 is 12.4 Å². The summed E-state index contributed by atoms with van der Waals surface area (Å²) in [6.07, 6.45) is 6.80. The summed E-state index contributed by atoms with van der Waals surface area (Å²) < 4.78 is 13.0. The maximum Gasteiger partial charge on any atom is 0.141 e. The second-order valence-corrected chi connectivity index (χ2v) is 5.12. The van der Waals surface area contributed by atoms with Crippen molar-refractivity contribution in [1.82, 2.24) is 15.2 Å². The number of rotatable bonds is 5. The molecule has 5 heteroatoms. The van der Waals surface area contributed by atoms with Crippen LogP contribution < -0.4 is 5.32 Å². The Labute approximate surface area is 121 Å². The Kier molecular flexibility index (Phi) is 7.28. The van der Waals surface area contributed by atoms with Gasteiger partial charge in [-0.25, -0.2) is 4.39 Å². The van der Waals surface area contributed by atoms with E-state index in [-0.39, 0.29) is 18.2 Å². The molecular formula is C14H23ClFN3. The fraction of sp³-hybridized carbons (Fsp3) is 0.643. The van der Waals surface area contributed by atoms with Crippen LogP contribution in [0.1, 0.15) is 24.8 Å². The van der Waals surface area contributed by atoms with Gasteiger partial charge in [-0.1, -0.05) is 0 Å². The number of aromatic nitrogens is 1. The standard InChI is InChI=1S/C14H22FN3.ClH/c1-16-5-2-12-3-6-18(7-4-12)11-13-8-14(15)10-17-9-13;/h8-10,12,16H,2-7,11H2,1H3;1H. The Hall–Kier alpha value is -0.710. The monoisotopic (exact) mass is 287 g/mol. The second kappa shape index (κ2) is 8.46. The van der Waals surface area contributed by atoms with E-state index in [1.807, 2.05) is 7.05 Å². The normalized spacial score (nSPS) is 17.2. The zero-order valence-corrected chi connectivity index (χ0v) is 12.3. The molecule has 2 rings (SSSR count). The maximum absolute atomic E-state index is 13.0. The predicted molar refractivity (Wildman–Crippen MR) is 78.0 cm³/mol. The Morgan fingerprint density at radius 1 is 1.37 bits per heavy atom. The van der Waals surface area contributed by atoms with E-state index in [9.17, 15) is 4.39 Å². The van der Waals surface area contributed by atoms with E-state index in [2.05, 4.69) is 15.2 Å². The molecule has 0 bridgehead atoms. The van der Waals surface area contributed by atoms with Crippen molar-refractivity contribution in [3.05, 3.63) is 29.8 Å². The van der Waals surface area contributed by atoms with Crippen LogP contribution in [0.5, 0.6) is 0 Å². The van der Waals surface area contributed by atoms with Gasteiger partial charge in [-0.3, -0.25) is 9.88 Å². The number of piperidine rings is 1. The minimum Gasteiger partial charge on any atom is -0.320 e. The number of hydrogen-bond acceptors (Lipinski definition) is 3. The summed E-state index contributed by atoms with van der Waals surface area (Å²) in [6.45, 7) is 4.16. The van der Waals surface area contributed by atoms with E-state index in [1.54, 1.807) is 12.3 Å². The highest BCUT2D eigenvalue weighted by molar-refractivity contribution is 5.85. The lowest BCUT2D eigenvalue weighted by molar-refractivity contribution is 0.172. The van der Waals surface area contributed by atoms with E-state index in [1.165, 1.54) is 25.5 Å². The number of nitrogens with zero attached hydrogens (tertiary/aromatic N) is 2. The molecule has 0 aromatic carbocycles. The molecule has 0 unspecified atom stereocenters. The zero-order chi connectivity index (χ0) is 12.8. The van der Waals surface area contributed by atoms with Crippen LogP contribution in [0.4, 0.5) is 4.39 Å². The predicted octanol–water partition coefficient (Wildman–Crippen LogP) is 2.46. The first-order valence-corrected chi connectivity index (χ1v) is 6.74. The van der Waals surface area contributed by atoms with Gasteiger partial charge in [0.25, 0.3) is 0 Å². The number of likely N-dealkylation sites (tertiary alicyclic amines) is 1. The molecule has 0 atom stereocenters. The van der Waals surface area contributed by atoms with Gasteiger partial charge in [0, 0.05) is 12.7 Å². The largest absolute Gasteiger partial charge is 0.320 e. The number of halogens is 2. The highest BCUT2D eigenvalue weighted by Crippen LogP contribution is 2.21. The Morgan fingerprint density at radius 2 is 2.11 bits per heavy atom. The van der Waals surface area contributed by atoms with Crippen LogP contribution in [0.15, 0.2) is 18.5 Å². The smallest absolute Gasteiger partial charge is 0.141 e. The molecule has 19 heavy (non-hydrogen) atoms. The van der Waals surface area contributed by atoms with Gasteiger partial charge in [0.2, 0.25) is 0 Å². The lowest BCUT2D eigenvalue weighted by atomic mass is 9.93. The molecule has 1 aromatic heterocycles. The summed E-state index contributed by atoms with van der Waals surface area (Å²) in [5, 5.41) is 3.21. The fourth-order valence-corrected chi connectivity index (χ4v) is 2.58. The molecule has 1 aromatic rings. The molecule has 0 spiro atoms. The fourth-order valence-electron chi connectivity index (χ4n) is 2.58. The molecule has 108 valence electrons. The third-order valence-corrected chi connectivity index (χ3v) is 3.68. The summed E-state index contributed by atoms with van der Waals surface area (Å²) in [4.78, 5) is 6.29. The lowest BCUT2D eigenvalue weighted by Crippen LogP contribution is -2.34. The summed E-state index contributed by atoms with van der Waals surface area (Å²) in [5.41, 5.74) is 0.976. The molecule has 3 nitrogen and oxygen atoms in total. The highest BCUT2D eigenvalue weighted by Gasteiger charge is 2.18. The van der Waals surface area contributed by atoms with Crippen LogP contribution in [0.2, 0.25) is 0 Å².